The number of allylic oxidation sites excluding steroid dienone is 2. The number of aryl methyl sites for hydroxylation is 1. The lowest BCUT2D eigenvalue weighted by atomic mass is 9.79. The van der Waals surface area contributed by atoms with E-state index in [-0.39, 0.29) is 17.9 Å². The Bertz CT molecular complexity index is 960. The molecule has 1 aliphatic carbocycles. The lowest BCUT2D eigenvalue weighted by Crippen LogP contribution is -2.13. The molecule has 2 aromatic rings. The van der Waals surface area contributed by atoms with Gasteiger partial charge >= 0.3 is 5.97 Å². The predicted octanol–water partition coefficient (Wildman–Crippen LogP) is 8.46. The van der Waals surface area contributed by atoms with Crippen molar-refractivity contribution in [2.24, 2.45) is 11.8 Å². The number of unbranched alkanes of at least 4 members (excludes halogenated alkanes) is 2. The Morgan fingerprint density at radius 3 is 2.31 bits per heavy atom. The Balaban J connectivity index is 1.42. The number of ether oxygens (including phenoxy) is 2. The number of esters is 1. The van der Waals surface area contributed by atoms with Crippen LogP contribution in [0.25, 0.3) is 0 Å². The first-order chi connectivity index (χ1) is 17.0. The number of halogens is 2. The Hall–Kier alpha value is -2.69. The van der Waals surface area contributed by atoms with E-state index in [4.69, 9.17) is 9.47 Å². The van der Waals surface area contributed by atoms with Gasteiger partial charge in [-0.1, -0.05) is 56.9 Å². The van der Waals surface area contributed by atoms with E-state index in [9.17, 15) is 13.6 Å². The molecule has 0 spiro atoms. The van der Waals surface area contributed by atoms with Crippen molar-refractivity contribution >= 4 is 5.97 Å². The van der Waals surface area contributed by atoms with Crippen LogP contribution in [-0.4, -0.2) is 12.6 Å². The van der Waals surface area contributed by atoms with Gasteiger partial charge in [0.25, 0.3) is 0 Å². The van der Waals surface area contributed by atoms with Crippen molar-refractivity contribution in [1.29, 1.82) is 0 Å². The van der Waals surface area contributed by atoms with E-state index in [1.165, 1.54) is 63.5 Å². The van der Waals surface area contributed by atoms with E-state index < -0.39 is 23.4 Å². The number of benzene rings is 2. The summed E-state index contributed by atoms with van der Waals surface area (Å²) in [4.78, 5) is 12.4. The van der Waals surface area contributed by atoms with Crippen LogP contribution in [-0.2, 0) is 6.42 Å². The zero-order valence-electron chi connectivity index (χ0n) is 21.0. The van der Waals surface area contributed by atoms with Crippen molar-refractivity contribution in [2.75, 3.05) is 6.61 Å². The van der Waals surface area contributed by atoms with Crippen LogP contribution in [0.5, 0.6) is 11.5 Å². The lowest BCUT2D eigenvalue weighted by molar-refractivity contribution is 0.0726. The SMILES string of the molecule is CCCCCC1CCC(/C=C/CCc2ccc(C(=O)Oc3ccc(OCC)c(F)c3F)cc2)CC1. The summed E-state index contributed by atoms with van der Waals surface area (Å²) in [6, 6.07) is 9.51. The molecule has 35 heavy (non-hydrogen) atoms. The quantitative estimate of drug-likeness (QED) is 0.131. The highest BCUT2D eigenvalue weighted by molar-refractivity contribution is 5.91. The molecule has 0 radical (unpaired) electrons. The summed E-state index contributed by atoms with van der Waals surface area (Å²) in [5.74, 6) is -2.16. The fourth-order valence-corrected chi connectivity index (χ4v) is 4.72. The van der Waals surface area contributed by atoms with E-state index in [0.717, 1.165) is 24.3 Å². The third-order valence-corrected chi connectivity index (χ3v) is 6.82. The minimum absolute atomic E-state index is 0.206. The molecule has 0 heterocycles. The van der Waals surface area contributed by atoms with Gasteiger partial charge in [0.15, 0.2) is 11.5 Å². The fraction of sp³-hybridized carbons (Fsp3) is 0.500. The summed E-state index contributed by atoms with van der Waals surface area (Å²) < 4.78 is 38.3. The minimum atomic E-state index is -1.24. The van der Waals surface area contributed by atoms with Crippen LogP contribution in [0.15, 0.2) is 48.6 Å². The number of carbonyl (C=O) groups excluding carboxylic acids is 1. The molecule has 3 nitrogen and oxygen atoms in total. The third kappa shape index (κ3) is 8.19. The number of rotatable bonds is 12. The zero-order chi connectivity index (χ0) is 25.0. The molecule has 0 N–H and O–H groups in total. The van der Waals surface area contributed by atoms with Crippen LogP contribution in [0.1, 0.15) is 87.6 Å². The summed E-state index contributed by atoms with van der Waals surface area (Å²) in [7, 11) is 0. The molecule has 1 aliphatic rings. The molecule has 0 amide bonds. The van der Waals surface area contributed by atoms with Crippen molar-refractivity contribution in [3.05, 3.63) is 71.3 Å². The molecule has 0 unspecified atom stereocenters. The minimum Gasteiger partial charge on any atom is -0.491 e. The molecular formula is C30H38F2O3. The van der Waals surface area contributed by atoms with Crippen LogP contribution < -0.4 is 9.47 Å². The molecule has 3 rings (SSSR count). The first-order valence-corrected chi connectivity index (χ1v) is 13.1. The van der Waals surface area contributed by atoms with E-state index in [0.29, 0.717) is 5.92 Å². The molecule has 190 valence electrons. The van der Waals surface area contributed by atoms with Crippen molar-refractivity contribution in [3.63, 3.8) is 0 Å². The van der Waals surface area contributed by atoms with Crippen LogP contribution in [0.3, 0.4) is 0 Å². The molecule has 0 saturated heterocycles. The van der Waals surface area contributed by atoms with Gasteiger partial charge in [0.05, 0.1) is 12.2 Å². The molecule has 0 bridgehead atoms. The van der Waals surface area contributed by atoms with Crippen molar-refractivity contribution in [1.82, 2.24) is 0 Å². The summed E-state index contributed by atoms with van der Waals surface area (Å²) in [6.07, 6.45) is 17.3. The van der Waals surface area contributed by atoms with E-state index in [1.807, 2.05) is 12.1 Å². The van der Waals surface area contributed by atoms with Gasteiger partial charge in [0.2, 0.25) is 11.6 Å². The Morgan fingerprint density at radius 1 is 0.943 bits per heavy atom. The van der Waals surface area contributed by atoms with Gasteiger partial charge in [-0.25, -0.2) is 4.79 Å². The second-order valence-electron chi connectivity index (χ2n) is 9.45. The van der Waals surface area contributed by atoms with Gasteiger partial charge in [-0.2, -0.15) is 8.78 Å². The van der Waals surface area contributed by atoms with Crippen molar-refractivity contribution in [3.8, 4) is 11.5 Å². The van der Waals surface area contributed by atoms with Crippen molar-refractivity contribution in [2.45, 2.75) is 78.1 Å². The van der Waals surface area contributed by atoms with Gasteiger partial charge < -0.3 is 9.47 Å². The summed E-state index contributed by atoms with van der Waals surface area (Å²) in [6.45, 7) is 4.14. The molecule has 1 fully saturated rings. The highest BCUT2D eigenvalue weighted by Gasteiger charge is 2.20. The van der Waals surface area contributed by atoms with Crippen molar-refractivity contribution < 1.29 is 23.0 Å². The summed E-state index contributed by atoms with van der Waals surface area (Å²) >= 11 is 0. The van der Waals surface area contributed by atoms with Crippen LogP contribution in [0, 0.1) is 23.5 Å². The van der Waals surface area contributed by atoms with Gasteiger partial charge in [0, 0.05) is 0 Å². The van der Waals surface area contributed by atoms with E-state index in [1.54, 1.807) is 19.1 Å². The number of hydrogen-bond acceptors (Lipinski definition) is 3. The number of carbonyl (C=O) groups is 1. The molecule has 0 atom stereocenters. The topological polar surface area (TPSA) is 35.5 Å². The van der Waals surface area contributed by atoms with E-state index in [2.05, 4.69) is 19.1 Å². The average Bonchev–Trinajstić information content (AvgIpc) is 2.88. The van der Waals surface area contributed by atoms with Crippen LogP contribution in [0.4, 0.5) is 8.78 Å². The van der Waals surface area contributed by atoms with Crippen LogP contribution in [0.2, 0.25) is 0 Å². The molecule has 2 aromatic carbocycles. The average molecular weight is 485 g/mol. The second-order valence-corrected chi connectivity index (χ2v) is 9.45. The molecule has 1 saturated carbocycles. The summed E-state index contributed by atoms with van der Waals surface area (Å²) in [5.41, 5.74) is 1.40. The van der Waals surface area contributed by atoms with Gasteiger partial charge in [-0.05, 0) is 87.1 Å². The standard InChI is InChI=1S/C30H38F2O3/c1-3-5-6-9-22-12-14-23(15-13-22)10-7-8-11-24-16-18-25(19-17-24)30(33)35-27-21-20-26(34-4-2)28(31)29(27)32/h7,10,16-23H,3-6,8-9,11-15H2,1-2H3/b10-7+. The molecular weight excluding hydrogens is 446 g/mol. The van der Waals surface area contributed by atoms with Gasteiger partial charge in [-0.3, -0.25) is 0 Å². The maximum Gasteiger partial charge on any atom is 0.343 e. The maximum atomic E-state index is 14.2. The normalized spacial score (nSPS) is 18.1. The first kappa shape index (κ1) is 26.9. The summed E-state index contributed by atoms with van der Waals surface area (Å²) in [5, 5.41) is 0. The molecule has 0 aliphatic heterocycles. The highest BCUT2D eigenvalue weighted by atomic mass is 19.2. The lowest BCUT2D eigenvalue weighted by Gasteiger charge is -2.26. The Morgan fingerprint density at radius 2 is 1.63 bits per heavy atom. The smallest absolute Gasteiger partial charge is 0.343 e. The van der Waals surface area contributed by atoms with E-state index >= 15 is 0 Å². The zero-order valence-corrected chi connectivity index (χ0v) is 21.0. The monoisotopic (exact) mass is 484 g/mol. The molecule has 0 aromatic heterocycles. The van der Waals surface area contributed by atoms with Gasteiger partial charge in [-0.15, -0.1) is 0 Å². The van der Waals surface area contributed by atoms with Crippen LogP contribution >= 0.6 is 0 Å². The first-order valence-electron chi connectivity index (χ1n) is 13.1. The highest BCUT2D eigenvalue weighted by Crippen LogP contribution is 2.33. The third-order valence-electron chi connectivity index (χ3n) is 6.82. The second kappa shape index (κ2) is 14.0. The Kier molecular flexibility index (Phi) is 10.8. The molecule has 5 heteroatoms. The Labute approximate surface area is 208 Å². The predicted molar refractivity (Wildman–Crippen MR) is 136 cm³/mol. The fourth-order valence-electron chi connectivity index (χ4n) is 4.72. The largest absolute Gasteiger partial charge is 0.491 e. The van der Waals surface area contributed by atoms with Gasteiger partial charge in [0.1, 0.15) is 0 Å². The maximum absolute atomic E-state index is 14.2. The number of hydrogen-bond donors (Lipinski definition) is 0.